The largest absolute Gasteiger partial charge is 0.495 e. The van der Waals surface area contributed by atoms with Crippen molar-refractivity contribution < 1.29 is 22.7 Å². The Kier molecular flexibility index (Phi) is 5.46. The molecule has 2 heterocycles. The molecular formula is C24H19F3N6O2. The maximum atomic E-state index is 13.2. The molecule has 0 radical (unpaired) electrons. The highest BCUT2D eigenvalue weighted by molar-refractivity contribution is 6.02. The number of aromatic nitrogens is 5. The number of nitrogens with zero attached hydrogens (tertiary/aromatic N) is 4. The zero-order valence-electron chi connectivity index (χ0n) is 18.4. The van der Waals surface area contributed by atoms with Gasteiger partial charge in [-0.25, -0.2) is 0 Å². The van der Waals surface area contributed by atoms with E-state index < -0.39 is 17.2 Å². The second-order valence-corrected chi connectivity index (χ2v) is 8.22. The number of aromatic amines is 1. The van der Waals surface area contributed by atoms with Crippen LogP contribution in [0.4, 0.5) is 18.9 Å². The lowest BCUT2D eigenvalue weighted by molar-refractivity contribution is -0.137. The van der Waals surface area contributed by atoms with Gasteiger partial charge in [-0.05, 0) is 53.4 Å². The molecule has 2 N–H and O–H groups in total. The number of rotatable bonds is 6. The Hall–Kier alpha value is -4.28. The number of amides is 1. The lowest BCUT2D eigenvalue weighted by Gasteiger charge is -2.18. The minimum absolute atomic E-state index is 0.304. The van der Waals surface area contributed by atoms with Crippen LogP contribution >= 0.6 is 0 Å². The average molecular weight is 480 g/mol. The molecule has 11 heteroatoms. The predicted molar refractivity (Wildman–Crippen MR) is 120 cm³/mol. The normalized spacial score (nSPS) is 14.4. The third-order valence-corrected chi connectivity index (χ3v) is 6.05. The summed E-state index contributed by atoms with van der Waals surface area (Å²) in [6.07, 6.45) is -0.314. The van der Waals surface area contributed by atoms with E-state index in [1.807, 2.05) is 0 Å². The van der Waals surface area contributed by atoms with Crippen LogP contribution in [0.3, 0.4) is 0 Å². The topological polar surface area (TPSA) is 106 Å². The quantitative estimate of drug-likeness (QED) is 0.417. The third-order valence-electron chi connectivity index (χ3n) is 6.05. The van der Waals surface area contributed by atoms with Crippen LogP contribution in [0.2, 0.25) is 0 Å². The van der Waals surface area contributed by atoms with Gasteiger partial charge < -0.3 is 10.1 Å². The number of anilines is 1. The molecule has 0 atom stereocenters. The van der Waals surface area contributed by atoms with Crippen molar-refractivity contribution in [3.05, 3.63) is 72.1 Å². The highest BCUT2D eigenvalue weighted by atomic mass is 19.4. The monoisotopic (exact) mass is 480 g/mol. The molecule has 5 rings (SSSR count). The van der Waals surface area contributed by atoms with E-state index in [1.54, 1.807) is 42.7 Å². The molecule has 0 saturated heterocycles. The summed E-state index contributed by atoms with van der Waals surface area (Å²) in [5.74, 6) is 0.500. The van der Waals surface area contributed by atoms with E-state index in [4.69, 9.17) is 4.74 Å². The Morgan fingerprint density at radius 2 is 1.91 bits per heavy atom. The van der Waals surface area contributed by atoms with Gasteiger partial charge in [0.05, 0.1) is 24.3 Å². The first-order chi connectivity index (χ1) is 16.8. The summed E-state index contributed by atoms with van der Waals surface area (Å²) in [5, 5.41) is 17.0. The molecular weight excluding hydrogens is 461 g/mol. The van der Waals surface area contributed by atoms with E-state index in [0.717, 1.165) is 23.3 Å². The molecule has 0 spiro atoms. The highest BCUT2D eigenvalue weighted by Gasteiger charge is 2.51. The molecule has 0 aliphatic heterocycles. The van der Waals surface area contributed by atoms with Gasteiger partial charge in [-0.2, -0.15) is 18.4 Å². The van der Waals surface area contributed by atoms with Crippen molar-refractivity contribution in [2.75, 3.05) is 12.4 Å². The number of halogens is 3. The fraction of sp³-hybridized carbons (Fsp3) is 0.208. The number of benzene rings is 2. The maximum Gasteiger partial charge on any atom is 0.416 e. The fourth-order valence-electron chi connectivity index (χ4n) is 4.03. The standard InChI is InChI=1S/C24H19F3N6O2/c1-35-18-9-14(12-28-13-18)19-6-5-17(11-20(19)21-30-32-33-31-21)29-22(34)23(7-8-23)15-3-2-4-16(10-15)24(25,26)27/h2-6,9-13H,7-8H2,1H3,(H,29,34)(H,30,31,32,33). The Balaban J connectivity index is 1.47. The lowest BCUT2D eigenvalue weighted by Crippen LogP contribution is -2.28. The van der Waals surface area contributed by atoms with Crippen molar-refractivity contribution in [1.29, 1.82) is 0 Å². The Morgan fingerprint density at radius 1 is 1.09 bits per heavy atom. The Bertz CT molecular complexity index is 1380. The van der Waals surface area contributed by atoms with Gasteiger partial charge >= 0.3 is 6.18 Å². The number of H-pyrrole nitrogens is 1. The van der Waals surface area contributed by atoms with Crippen molar-refractivity contribution in [2.24, 2.45) is 0 Å². The van der Waals surface area contributed by atoms with Crippen LogP contribution in [0.15, 0.2) is 60.9 Å². The van der Waals surface area contributed by atoms with E-state index in [2.05, 4.69) is 30.9 Å². The summed E-state index contributed by atoms with van der Waals surface area (Å²) in [6, 6.07) is 11.9. The first kappa shape index (κ1) is 22.5. The van der Waals surface area contributed by atoms with Gasteiger partial charge in [0.2, 0.25) is 11.7 Å². The van der Waals surface area contributed by atoms with E-state index in [-0.39, 0.29) is 5.91 Å². The van der Waals surface area contributed by atoms with Crippen LogP contribution in [0.25, 0.3) is 22.5 Å². The summed E-state index contributed by atoms with van der Waals surface area (Å²) >= 11 is 0. The molecule has 1 aliphatic rings. The summed E-state index contributed by atoms with van der Waals surface area (Å²) in [7, 11) is 1.54. The molecule has 1 saturated carbocycles. The number of hydrogen-bond acceptors (Lipinski definition) is 6. The molecule has 1 fully saturated rings. The van der Waals surface area contributed by atoms with Crippen molar-refractivity contribution >= 4 is 11.6 Å². The van der Waals surface area contributed by atoms with E-state index in [0.29, 0.717) is 41.2 Å². The summed E-state index contributed by atoms with van der Waals surface area (Å²) in [4.78, 5) is 17.4. The molecule has 8 nitrogen and oxygen atoms in total. The molecule has 35 heavy (non-hydrogen) atoms. The van der Waals surface area contributed by atoms with Gasteiger partial charge in [0.25, 0.3) is 0 Å². The van der Waals surface area contributed by atoms with Crippen LogP contribution in [0.5, 0.6) is 5.75 Å². The number of methoxy groups -OCH3 is 1. The molecule has 1 aliphatic carbocycles. The number of alkyl halides is 3. The van der Waals surface area contributed by atoms with Gasteiger partial charge in [0.1, 0.15) is 5.75 Å². The minimum atomic E-state index is -4.48. The second kappa shape index (κ2) is 8.49. The maximum absolute atomic E-state index is 13.2. The number of pyridine rings is 1. The molecule has 1 amide bonds. The molecule has 0 bridgehead atoms. The zero-order valence-corrected chi connectivity index (χ0v) is 18.4. The summed E-state index contributed by atoms with van der Waals surface area (Å²) in [6.45, 7) is 0. The van der Waals surface area contributed by atoms with Crippen LogP contribution in [0.1, 0.15) is 24.0 Å². The lowest BCUT2D eigenvalue weighted by atomic mass is 9.93. The van der Waals surface area contributed by atoms with E-state index >= 15 is 0 Å². The number of tetrazole rings is 1. The molecule has 4 aromatic rings. The van der Waals surface area contributed by atoms with Gasteiger partial charge in [0, 0.05) is 23.0 Å². The van der Waals surface area contributed by atoms with Crippen molar-refractivity contribution in [3.8, 4) is 28.3 Å². The first-order valence-electron chi connectivity index (χ1n) is 10.7. The van der Waals surface area contributed by atoms with Crippen LogP contribution in [-0.4, -0.2) is 38.6 Å². The Labute approximate surface area is 197 Å². The van der Waals surface area contributed by atoms with Gasteiger partial charge in [-0.15, -0.1) is 10.2 Å². The summed E-state index contributed by atoms with van der Waals surface area (Å²) in [5.41, 5.74) is 1.08. The molecule has 2 aromatic heterocycles. The SMILES string of the molecule is COc1cncc(-c2ccc(NC(=O)C3(c4cccc(C(F)(F)F)c4)CC3)cc2-c2nn[nH]n2)c1. The molecule has 2 aromatic carbocycles. The van der Waals surface area contributed by atoms with Crippen LogP contribution < -0.4 is 10.1 Å². The number of ether oxygens (including phenoxy) is 1. The van der Waals surface area contributed by atoms with Gasteiger partial charge in [0.15, 0.2) is 0 Å². The van der Waals surface area contributed by atoms with Crippen molar-refractivity contribution in [3.63, 3.8) is 0 Å². The first-order valence-corrected chi connectivity index (χ1v) is 10.7. The van der Waals surface area contributed by atoms with Crippen LogP contribution in [-0.2, 0) is 16.4 Å². The minimum Gasteiger partial charge on any atom is -0.495 e. The number of carbonyl (C=O) groups is 1. The Morgan fingerprint density at radius 3 is 2.60 bits per heavy atom. The predicted octanol–water partition coefficient (Wildman–Crippen LogP) is 4.63. The van der Waals surface area contributed by atoms with Crippen LogP contribution in [0, 0.1) is 0 Å². The number of hydrogen-bond donors (Lipinski definition) is 2. The second-order valence-electron chi connectivity index (χ2n) is 8.22. The average Bonchev–Trinajstić information content (AvgIpc) is 3.50. The van der Waals surface area contributed by atoms with Crippen molar-refractivity contribution in [1.82, 2.24) is 25.6 Å². The highest BCUT2D eigenvalue weighted by Crippen LogP contribution is 2.50. The van der Waals surface area contributed by atoms with E-state index in [9.17, 15) is 18.0 Å². The van der Waals surface area contributed by atoms with E-state index in [1.165, 1.54) is 13.2 Å². The smallest absolute Gasteiger partial charge is 0.416 e. The van der Waals surface area contributed by atoms with Crippen molar-refractivity contribution in [2.45, 2.75) is 24.4 Å². The zero-order chi connectivity index (χ0) is 24.6. The third kappa shape index (κ3) is 4.32. The van der Waals surface area contributed by atoms with Gasteiger partial charge in [-0.1, -0.05) is 24.3 Å². The van der Waals surface area contributed by atoms with Gasteiger partial charge in [-0.3, -0.25) is 9.78 Å². The number of carbonyl (C=O) groups excluding carboxylic acids is 1. The molecule has 0 unspecified atom stereocenters. The fourth-order valence-corrected chi connectivity index (χ4v) is 4.03. The summed E-state index contributed by atoms with van der Waals surface area (Å²) < 4.78 is 44.8. The molecule has 178 valence electrons. The number of nitrogens with one attached hydrogen (secondary N) is 2.